The van der Waals surface area contributed by atoms with E-state index in [2.05, 4.69) is 17.0 Å². The average molecular weight is 251 g/mol. The summed E-state index contributed by atoms with van der Waals surface area (Å²) in [6, 6.07) is 0.0863. The zero-order chi connectivity index (χ0) is 12.7. The lowest BCUT2D eigenvalue weighted by atomic mass is 10.1. The zero-order valence-electron chi connectivity index (χ0n) is 10.6. The summed E-state index contributed by atoms with van der Waals surface area (Å²) in [7, 11) is 0. The molecule has 2 atom stereocenters. The van der Waals surface area contributed by atoms with Crippen LogP contribution in [-0.2, 0) is 0 Å². The van der Waals surface area contributed by atoms with Gasteiger partial charge in [0.15, 0.2) is 12.0 Å². The summed E-state index contributed by atoms with van der Waals surface area (Å²) in [5.74, 6) is 0.690. The highest BCUT2D eigenvalue weighted by Gasteiger charge is 2.38. The summed E-state index contributed by atoms with van der Waals surface area (Å²) < 4.78 is 15.5. The lowest BCUT2D eigenvalue weighted by Crippen LogP contribution is -2.09. The maximum atomic E-state index is 13.9. The maximum Gasteiger partial charge on any atom is 0.217 e. The third-order valence-corrected chi connectivity index (χ3v) is 3.82. The van der Waals surface area contributed by atoms with E-state index in [1.54, 1.807) is 4.68 Å². The Morgan fingerprint density at radius 1 is 1.50 bits per heavy atom. The number of rotatable bonds is 5. The van der Waals surface area contributed by atoms with Crippen LogP contribution in [0.2, 0.25) is 0 Å². The smallest absolute Gasteiger partial charge is 0.217 e. The topological polar surface area (TPSA) is 47.8 Å². The number of unbranched alkanes of at least 4 members (excludes halogenated alkanes) is 1. The summed E-state index contributed by atoms with van der Waals surface area (Å²) >= 11 is 0. The van der Waals surface area contributed by atoms with Crippen LogP contribution in [0.1, 0.15) is 74.1 Å². The van der Waals surface area contributed by atoms with Gasteiger partial charge in [-0.15, -0.1) is 5.10 Å². The van der Waals surface area contributed by atoms with Crippen LogP contribution in [-0.4, -0.2) is 20.5 Å². The van der Waals surface area contributed by atoms with Gasteiger partial charge in [-0.1, -0.05) is 19.8 Å². The van der Waals surface area contributed by atoms with Crippen LogP contribution in [0, 0.1) is 5.92 Å². The number of ketones is 1. The molecule has 4 nitrogen and oxygen atoms in total. The minimum Gasteiger partial charge on any atom is -0.290 e. The Bertz CT molecular complexity index is 467. The summed E-state index contributed by atoms with van der Waals surface area (Å²) in [5, 5.41) is 4.25. The average Bonchev–Trinajstić information content (AvgIpc) is 3.04. The van der Waals surface area contributed by atoms with E-state index in [9.17, 15) is 9.18 Å². The van der Waals surface area contributed by atoms with Gasteiger partial charge in [0.05, 0.1) is 6.04 Å². The maximum absolute atomic E-state index is 13.9. The van der Waals surface area contributed by atoms with Crippen molar-refractivity contribution in [3.05, 3.63) is 11.6 Å². The third-order valence-electron chi connectivity index (χ3n) is 3.82. The lowest BCUT2D eigenvalue weighted by Gasteiger charge is -2.09. The normalized spacial score (nSPS) is 26.3. The summed E-state index contributed by atoms with van der Waals surface area (Å²) in [5.41, 5.74) is 0. The molecule has 18 heavy (non-hydrogen) atoms. The first-order valence-electron chi connectivity index (χ1n) is 6.85. The van der Waals surface area contributed by atoms with Crippen molar-refractivity contribution >= 4 is 5.78 Å². The van der Waals surface area contributed by atoms with E-state index >= 15 is 0 Å². The molecule has 98 valence electrons. The first-order valence-corrected chi connectivity index (χ1v) is 6.85. The van der Waals surface area contributed by atoms with Crippen LogP contribution in [0.25, 0.3) is 0 Å². The van der Waals surface area contributed by atoms with Gasteiger partial charge in [-0.2, -0.15) is 0 Å². The number of Topliss-reactive ketones (excluding diaryl/α,β-unsaturated/α-hetero) is 1. The summed E-state index contributed by atoms with van der Waals surface area (Å²) in [6.07, 6.45) is 4.34. The van der Waals surface area contributed by atoms with Crippen molar-refractivity contribution in [2.24, 2.45) is 5.92 Å². The molecule has 0 unspecified atom stereocenters. The predicted octanol–water partition coefficient (Wildman–Crippen LogP) is 3.02. The molecule has 1 aromatic heterocycles. The van der Waals surface area contributed by atoms with Crippen LogP contribution in [0.5, 0.6) is 0 Å². The van der Waals surface area contributed by atoms with E-state index < -0.39 is 6.17 Å². The number of fused-ring (bicyclic) bond motifs is 1. The lowest BCUT2D eigenvalue weighted by molar-refractivity contribution is 0.0956. The van der Waals surface area contributed by atoms with E-state index in [4.69, 9.17) is 0 Å². The molecule has 5 heteroatoms. The van der Waals surface area contributed by atoms with Gasteiger partial charge in [-0.25, -0.2) is 14.1 Å². The highest BCUT2D eigenvalue weighted by Crippen LogP contribution is 2.39. The Morgan fingerprint density at radius 3 is 2.94 bits per heavy atom. The molecule has 1 aliphatic heterocycles. The number of hydrogen-bond acceptors (Lipinski definition) is 3. The van der Waals surface area contributed by atoms with Gasteiger partial charge in [-0.05, 0) is 19.3 Å². The Kier molecular flexibility index (Phi) is 2.92. The van der Waals surface area contributed by atoms with Gasteiger partial charge in [0.2, 0.25) is 11.6 Å². The van der Waals surface area contributed by atoms with Gasteiger partial charge in [0.1, 0.15) is 0 Å². The molecule has 1 aromatic rings. The first kappa shape index (κ1) is 11.8. The van der Waals surface area contributed by atoms with Crippen molar-refractivity contribution in [1.82, 2.24) is 14.8 Å². The Labute approximate surface area is 106 Å². The molecular weight excluding hydrogens is 233 g/mol. The molecule has 0 saturated heterocycles. The number of alkyl halides is 1. The molecule has 2 aliphatic rings. The van der Waals surface area contributed by atoms with Gasteiger partial charge in [0.25, 0.3) is 0 Å². The molecule has 0 radical (unpaired) electrons. The predicted molar refractivity (Wildman–Crippen MR) is 64.1 cm³/mol. The molecule has 0 spiro atoms. The largest absolute Gasteiger partial charge is 0.290 e. The second-order valence-corrected chi connectivity index (χ2v) is 5.38. The molecule has 1 aliphatic carbocycles. The second kappa shape index (κ2) is 4.44. The number of nitrogens with zero attached hydrogens (tertiary/aromatic N) is 3. The number of hydrogen-bond donors (Lipinski definition) is 0. The van der Waals surface area contributed by atoms with Crippen LogP contribution >= 0.6 is 0 Å². The van der Waals surface area contributed by atoms with Crippen LogP contribution in [0.15, 0.2) is 0 Å². The van der Waals surface area contributed by atoms with Gasteiger partial charge < -0.3 is 0 Å². The minimum absolute atomic E-state index is 0.00154. The van der Waals surface area contributed by atoms with Gasteiger partial charge in [0, 0.05) is 12.3 Å². The molecule has 0 N–H and O–H groups in total. The highest BCUT2D eigenvalue weighted by atomic mass is 19.1. The first-order chi connectivity index (χ1) is 8.70. The van der Waals surface area contributed by atoms with E-state index in [-0.39, 0.29) is 23.6 Å². The second-order valence-electron chi connectivity index (χ2n) is 5.38. The molecule has 3 rings (SSSR count). The Balaban J connectivity index is 1.82. The van der Waals surface area contributed by atoms with Crippen molar-refractivity contribution in [3.63, 3.8) is 0 Å². The van der Waals surface area contributed by atoms with Crippen molar-refractivity contribution in [1.29, 1.82) is 0 Å². The fourth-order valence-electron chi connectivity index (χ4n) is 2.57. The van der Waals surface area contributed by atoms with Crippen LogP contribution in [0.4, 0.5) is 4.39 Å². The Morgan fingerprint density at radius 2 is 2.28 bits per heavy atom. The number of carbonyl (C=O) groups excluding carboxylic acids is 1. The zero-order valence-corrected chi connectivity index (χ0v) is 10.6. The molecule has 0 amide bonds. The molecule has 0 bridgehead atoms. The van der Waals surface area contributed by atoms with E-state index in [0.717, 1.165) is 32.1 Å². The molecule has 1 saturated carbocycles. The SMILES string of the molecule is CCCC[C@@H]1C[C@H](F)c2nc(C(=O)C3CC3)nn21. The number of carbonyl (C=O) groups is 1. The van der Waals surface area contributed by atoms with Crippen molar-refractivity contribution < 1.29 is 9.18 Å². The quantitative estimate of drug-likeness (QED) is 0.756. The molecule has 2 heterocycles. The van der Waals surface area contributed by atoms with E-state index in [1.807, 2.05) is 0 Å². The fraction of sp³-hybridized carbons (Fsp3) is 0.769. The number of halogens is 1. The van der Waals surface area contributed by atoms with E-state index in [0.29, 0.717) is 12.2 Å². The molecule has 1 fully saturated rings. The van der Waals surface area contributed by atoms with Crippen molar-refractivity contribution in [2.45, 2.75) is 57.7 Å². The van der Waals surface area contributed by atoms with Crippen molar-refractivity contribution in [3.8, 4) is 0 Å². The van der Waals surface area contributed by atoms with E-state index in [1.165, 1.54) is 0 Å². The third kappa shape index (κ3) is 1.95. The van der Waals surface area contributed by atoms with Crippen molar-refractivity contribution in [2.75, 3.05) is 0 Å². The summed E-state index contributed by atoms with van der Waals surface area (Å²) in [6.45, 7) is 2.12. The van der Waals surface area contributed by atoms with Gasteiger partial charge in [-0.3, -0.25) is 4.79 Å². The molecular formula is C13H18FN3O. The summed E-state index contributed by atoms with van der Waals surface area (Å²) in [4.78, 5) is 16.0. The minimum atomic E-state index is -1.06. The monoisotopic (exact) mass is 251 g/mol. The van der Waals surface area contributed by atoms with Crippen LogP contribution < -0.4 is 0 Å². The molecule has 0 aromatic carbocycles. The van der Waals surface area contributed by atoms with Gasteiger partial charge >= 0.3 is 0 Å². The standard InChI is InChI=1S/C13H18FN3O/c1-2-3-4-9-7-10(14)13-15-12(16-17(9)13)11(18)8-5-6-8/h8-10H,2-7H2,1H3/t9-,10+/m1/s1. The fourth-order valence-corrected chi connectivity index (χ4v) is 2.57. The highest BCUT2D eigenvalue weighted by molar-refractivity contribution is 5.95. The van der Waals surface area contributed by atoms with Crippen LogP contribution in [0.3, 0.4) is 0 Å². The number of aromatic nitrogens is 3. The Hall–Kier alpha value is -1.26.